The van der Waals surface area contributed by atoms with Crippen molar-refractivity contribution in [3.05, 3.63) is 54.2 Å². The summed E-state index contributed by atoms with van der Waals surface area (Å²) in [5.41, 5.74) is 0.185. The van der Waals surface area contributed by atoms with Crippen molar-refractivity contribution >= 4 is 27.7 Å². The number of nitrogens with zero attached hydrogens (tertiary/aromatic N) is 4. The molecule has 162 valence electrons. The molecule has 2 amide bonds. The van der Waals surface area contributed by atoms with E-state index in [4.69, 9.17) is 4.42 Å². The molecule has 2 aromatic rings. The van der Waals surface area contributed by atoms with Crippen LogP contribution in [0, 0.1) is 5.82 Å². The van der Waals surface area contributed by atoms with Crippen molar-refractivity contribution in [2.24, 2.45) is 0 Å². The SMILES string of the molecule is CN(C)S(=O)(=O)N(CC(=O)N1CCN(C(=O)c2ccco2)CC1)c1ccc(F)cc1. The standard InChI is InChI=1S/C19H23FN4O5S/c1-21(2)30(27,28)24(16-7-5-15(20)6-8-16)14-18(25)22-9-11-23(12-10-22)19(26)17-4-3-13-29-17/h3-8,13H,9-12,14H2,1-2H3. The molecule has 0 saturated carbocycles. The lowest BCUT2D eigenvalue weighted by molar-refractivity contribution is -0.131. The van der Waals surface area contributed by atoms with Crippen molar-refractivity contribution < 1.29 is 26.8 Å². The molecule has 1 aromatic heterocycles. The highest BCUT2D eigenvalue weighted by molar-refractivity contribution is 7.90. The summed E-state index contributed by atoms with van der Waals surface area (Å²) in [6.45, 7) is 0.720. The quantitative estimate of drug-likeness (QED) is 0.671. The van der Waals surface area contributed by atoms with E-state index in [0.717, 1.165) is 20.7 Å². The lowest BCUT2D eigenvalue weighted by Gasteiger charge is -2.36. The maximum atomic E-state index is 13.3. The van der Waals surface area contributed by atoms with Gasteiger partial charge in [-0.1, -0.05) is 0 Å². The molecule has 0 atom stereocenters. The number of amides is 2. The second-order valence-electron chi connectivity index (χ2n) is 6.92. The Labute approximate surface area is 174 Å². The topological polar surface area (TPSA) is 94.4 Å². The fourth-order valence-corrected chi connectivity index (χ4v) is 4.10. The third-order valence-corrected chi connectivity index (χ3v) is 6.60. The third-order valence-electron chi connectivity index (χ3n) is 4.78. The highest BCUT2D eigenvalue weighted by atomic mass is 32.2. The van der Waals surface area contributed by atoms with E-state index >= 15 is 0 Å². The molecule has 1 aromatic carbocycles. The van der Waals surface area contributed by atoms with Crippen LogP contribution in [0.4, 0.5) is 10.1 Å². The van der Waals surface area contributed by atoms with Crippen LogP contribution in [0.15, 0.2) is 47.1 Å². The average molecular weight is 438 g/mol. The van der Waals surface area contributed by atoms with Gasteiger partial charge in [0.05, 0.1) is 12.0 Å². The minimum Gasteiger partial charge on any atom is -0.459 e. The molecule has 3 rings (SSSR count). The number of benzene rings is 1. The second-order valence-corrected chi connectivity index (χ2v) is 8.99. The zero-order valence-corrected chi connectivity index (χ0v) is 17.5. The molecule has 1 aliphatic rings. The third kappa shape index (κ3) is 4.62. The first-order chi connectivity index (χ1) is 14.2. The van der Waals surface area contributed by atoms with Gasteiger partial charge in [-0.3, -0.25) is 9.59 Å². The summed E-state index contributed by atoms with van der Waals surface area (Å²) in [5, 5.41) is 0. The number of hydrogen-bond donors (Lipinski definition) is 0. The summed E-state index contributed by atoms with van der Waals surface area (Å²) in [4.78, 5) is 28.3. The summed E-state index contributed by atoms with van der Waals surface area (Å²) in [6, 6.07) is 8.09. The van der Waals surface area contributed by atoms with Gasteiger partial charge >= 0.3 is 10.2 Å². The first kappa shape index (κ1) is 21.8. The number of halogens is 1. The minimum absolute atomic E-state index is 0.185. The molecule has 1 saturated heterocycles. The normalized spacial score (nSPS) is 14.8. The lowest BCUT2D eigenvalue weighted by atomic mass is 10.2. The number of anilines is 1. The zero-order valence-electron chi connectivity index (χ0n) is 16.7. The molecular formula is C19H23FN4O5S. The number of carbonyl (C=O) groups excluding carboxylic acids is 2. The van der Waals surface area contributed by atoms with Gasteiger partial charge in [0, 0.05) is 40.3 Å². The van der Waals surface area contributed by atoms with Crippen molar-refractivity contribution in [1.82, 2.24) is 14.1 Å². The maximum absolute atomic E-state index is 13.3. The maximum Gasteiger partial charge on any atom is 0.304 e. The molecule has 0 radical (unpaired) electrons. The monoisotopic (exact) mass is 438 g/mol. The number of piperazine rings is 1. The van der Waals surface area contributed by atoms with E-state index < -0.39 is 28.5 Å². The highest BCUT2D eigenvalue weighted by Crippen LogP contribution is 2.20. The van der Waals surface area contributed by atoms with Crippen molar-refractivity contribution in [3.8, 4) is 0 Å². The Balaban J connectivity index is 1.69. The van der Waals surface area contributed by atoms with Crippen LogP contribution < -0.4 is 4.31 Å². The molecule has 2 heterocycles. The van der Waals surface area contributed by atoms with Crippen molar-refractivity contribution in [2.75, 3.05) is 51.1 Å². The van der Waals surface area contributed by atoms with Crippen LogP contribution in [0.5, 0.6) is 0 Å². The number of hydrogen-bond acceptors (Lipinski definition) is 5. The average Bonchev–Trinajstić information content (AvgIpc) is 3.27. The largest absolute Gasteiger partial charge is 0.459 e. The number of rotatable bonds is 6. The minimum atomic E-state index is -3.97. The summed E-state index contributed by atoms with van der Waals surface area (Å²) in [6.07, 6.45) is 1.42. The summed E-state index contributed by atoms with van der Waals surface area (Å²) in [5.74, 6) is -0.941. The smallest absolute Gasteiger partial charge is 0.304 e. The van der Waals surface area contributed by atoms with Crippen LogP contribution in [-0.2, 0) is 15.0 Å². The molecule has 0 spiro atoms. The van der Waals surface area contributed by atoms with Gasteiger partial charge in [0.2, 0.25) is 5.91 Å². The van der Waals surface area contributed by atoms with Gasteiger partial charge in [0.15, 0.2) is 5.76 Å². The summed E-state index contributed by atoms with van der Waals surface area (Å²) < 4.78 is 45.8. The van der Waals surface area contributed by atoms with Gasteiger partial charge in [-0.15, -0.1) is 0 Å². The first-order valence-corrected chi connectivity index (χ1v) is 10.7. The van der Waals surface area contributed by atoms with Crippen LogP contribution in [0.1, 0.15) is 10.6 Å². The van der Waals surface area contributed by atoms with E-state index in [0.29, 0.717) is 13.1 Å². The van der Waals surface area contributed by atoms with Crippen LogP contribution in [0.3, 0.4) is 0 Å². The highest BCUT2D eigenvalue weighted by Gasteiger charge is 2.31. The number of carbonyl (C=O) groups is 2. The van der Waals surface area contributed by atoms with Gasteiger partial charge in [-0.2, -0.15) is 12.7 Å². The fraction of sp³-hybridized carbons (Fsp3) is 0.368. The van der Waals surface area contributed by atoms with E-state index in [-0.39, 0.29) is 30.4 Å². The van der Waals surface area contributed by atoms with E-state index in [1.165, 1.54) is 37.4 Å². The van der Waals surface area contributed by atoms with Crippen LogP contribution >= 0.6 is 0 Å². The Morgan fingerprint density at radius 2 is 1.63 bits per heavy atom. The molecule has 30 heavy (non-hydrogen) atoms. The van der Waals surface area contributed by atoms with Gasteiger partial charge in [0.1, 0.15) is 12.4 Å². The molecule has 1 aliphatic heterocycles. The van der Waals surface area contributed by atoms with Gasteiger partial charge < -0.3 is 14.2 Å². The van der Waals surface area contributed by atoms with E-state index in [1.807, 2.05) is 0 Å². The van der Waals surface area contributed by atoms with Gasteiger partial charge in [-0.25, -0.2) is 8.70 Å². The van der Waals surface area contributed by atoms with Crippen LogP contribution in [-0.4, -0.2) is 81.2 Å². The Hall–Kier alpha value is -2.92. The Bertz CT molecular complexity index is 984. The van der Waals surface area contributed by atoms with Crippen molar-refractivity contribution in [3.63, 3.8) is 0 Å². The summed E-state index contributed by atoms with van der Waals surface area (Å²) >= 11 is 0. The predicted octanol–water partition coefficient (Wildman–Crippen LogP) is 1.02. The Morgan fingerprint density at radius 1 is 1.03 bits per heavy atom. The molecule has 0 aliphatic carbocycles. The molecule has 9 nitrogen and oxygen atoms in total. The fourth-order valence-electron chi connectivity index (χ4n) is 3.05. The van der Waals surface area contributed by atoms with E-state index in [9.17, 15) is 22.4 Å². The molecule has 11 heteroatoms. The predicted molar refractivity (Wildman–Crippen MR) is 108 cm³/mol. The molecule has 0 unspecified atom stereocenters. The van der Waals surface area contributed by atoms with E-state index in [2.05, 4.69) is 0 Å². The first-order valence-electron chi connectivity index (χ1n) is 9.26. The molecular weight excluding hydrogens is 415 g/mol. The summed E-state index contributed by atoms with van der Waals surface area (Å²) in [7, 11) is -1.26. The molecule has 0 N–H and O–H groups in total. The van der Waals surface area contributed by atoms with Crippen molar-refractivity contribution in [2.45, 2.75) is 0 Å². The Kier molecular flexibility index (Phi) is 6.42. The van der Waals surface area contributed by atoms with Gasteiger partial charge in [-0.05, 0) is 36.4 Å². The molecule has 0 bridgehead atoms. The number of furan rings is 1. The lowest BCUT2D eigenvalue weighted by Crippen LogP contribution is -2.54. The van der Waals surface area contributed by atoms with Crippen molar-refractivity contribution in [1.29, 1.82) is 0 Å². The molecule has 1 fully saturated rings. The van der Waals surface area contributed by atoms with Gasteiger partial charge in [0.25, 0.3) is 5.91 Å². The second kappa shape index (κ2) is 8.84. The Morgan fingerprint density at radius 3 is 2.17 bits per heavy atom. The van der Waals surface area contributed by atoms with Crippen LogP contribution in [0.25, 0.3) is 0 Å². The zero-order chi connectivity index (χ0) is 21.9. The van der Waals surface area contributed by atoms with Crippen LogP contribution in [0.2, 0.25) is 0 Å². The van der Waals surface area contributed by atoms with E-state index in [1.54, 1.807) is 17.0 Å².